The Balaban J connectivity index is 1.73. The van der Waals surface area contributed by atoms with Crippen molar-refractivity contribution in [3.8, 4) is 0 Å². The molecule has 7 heteroatoms. The summed E-state index contributed by atoms with van der Waals surface area (Å²) in [6.07, 6.45) is 0.940. The van der Waals surface area contributed by atoms with Crippen molar-refractivity contribution in [3.63, 3.8) is 0 Å². The highest BCUT2D eigenvalue weighted by Crippen LogP contribution is 2.29. The number of anilines is 1. The average Bonchev–Trinajstić information content (AvgIpc) is 3.23. The summed E-state index contributed by atoms with van der Waals surface area (Å²) in [7, 11) is 1.81. The van der Waals surface area contributed by atoms with Gasteiger partial charge >= 0.3 is 0 Å². The van der Waals surface area contributed by atoms with E-state index in [0.717, 1.165) is 25.1 Å². The number of carbonyl (C=O) groups is 2. The highest BCUT2D eigenvalue weighted by atomic mass is 32.1. The Morgan fingerprint density at radius 2 is 2.16 bits per heavy atom. The van der Waals surface area contributed by atoms with Crippen LogP contribution in [0.4, 0.5) is 9.39 Å². The predicted molar refractivity (Wildman–Crippen MR) is 96.8 cm³/mol. The van der Waals surface area contributed by atoms with Crippen molar-refractivity contribution in [2.45, 2.75) is 19.4 Å². The van der Waals surface area contributed by atoms with E-state index in [4.69, 9.17) is 0 Å². The third-order valence-electron chi connectivity index (χ3n) is 4.34. The van der Waals surface area contributed by atoms with Gasteiger partial charge in [0.15, 0.2) is 0 Å². The summed E-state index contributed by atoms with van der Waals surface area (Å²) in [6.45, 7) is 3.57. The van der Waals surface area contributed by atoms with Crippen LogP contribution in [0.5, 0.6) is 0 Å². The molecule has 1 aromatic heterocycles. The van der Waals surface area contributed by atoms with Crippen LogP contribution in [0.25, 0.3) is 0 Å². The van der Waals surface area contributed by atoms with Crippen molar-refractivity contribution in [1.29, 1.82) is 0 Å². The Hall–Kier alpha value is -2.25. The Kier molecular flexibility index (Phi) is 5.15. The van der Waals surface area contributed by atoms with E-state index < -0.39 is 11.7 Å². The monoisotopic (exact) mass is 361 g/mol. The lowest BCUT2D eigenvalue weighted by atomic mass is 10.2. The number of halogens is 1. The molecule has 0 spiro atoms. The molecular weight excluding hydrogens is 341 g/mol. The third kappa shape index (κ3) is 3.88. The number of amides is 2. The molecule has 2 amide bonds. The van der Waals surface area contributed by atoms with E-state index in [2.05, 4.69) is 10.6 Å². The molecule has 1 fully saturated rings. The molecule has 0 bridgehead atoms. The first-order valence-electron chi connectivity index (χ1n) is 8.11. The van der Waals surface area contributed by atoms with Crippen LogP contribution in [0, 0.1) is 12.7 Å². The van der Waals surface area contributed by atoms with E-state index >= 15 is 0 Å². The quantitative estimate of drug-likeness (QED) is 0.880. The van der Waals surface area contributed by atoms with Crippen LogP contribution in [0.3, 0.4) is 0 Å². The summed E-state index contributed by atoms with van der Waals surface area (Å²) in [5.41, 5.74) is 1.07. The second-order valence-electron chi connectivity index (χ2n) is 6.15. The molecule has 0 saturated carbocycles. The van der Waals surface area contributed by atoms with E-state index in [1.165, 1.54) is 29.5 Å². The zero-order valence-electron chi connectivity index (χ0n) is 14.1. The first-order chi connectivity index (χ1) is 12.0. The molecule has 1 aliphatic heterocycles. The average molecular weight is 361 g/mol. The smallest absolute Gasteiger partial charge is 0.264 e. The van der Waals surface area contributed by atoms with Gasteiger partial charge in [0.25, 0.3) is 11.8 Å². The number of benzene rings is 1. The summed E-state index contributed by atoms with van der Waals surface area (Å²) < 4.78 is 13.2. The fraction of sp³-hybridized carbons (Fsp3) is 0.333. The van der Waals surface area contributed by atoms with Crippen molar-refractivity contribution in [3.05, 3.63) is 52.2 Å². The summed E-state index contributed by atoms with van der Waals surface area (Å²) in [5, 5.41) is 6.57. The third-order valence-corrected chi connectivity index (χ3v) is 5.48. The van der Waals surface area contributed by atoms with Crippen molar-refractivity contribution in [2.75, 3.05) is 25.5 Å². The standard InChI is InChI=1S/C18H20FN3O2S/c1-11-8-15(21-17(23)12-4-3-5-13(19)9-12)25-16(11)18(24)22(2)14-6-7-20-10-14/h3-5,8-9,14,20H,6-7,10H2,1-2H3,(H,21,23). The Labute approximate surface area is 149 Å². The minimum Gasteiger partial charge on any atom is -0.337 e. The molecule has 132 valence electrons. The molecule has 1 unspecified atom stereocenters. The zero-order valence-corrected chi connectivity index (χ0v) is 15.0. The normalized spacial score (nSPS) is 16.7. The van der Waals surface area contributed by atoms with Crippen LogP contribution >= 0.6 is 11.3 Å². The van der Waals surface area contributed by atoms with E-state index in [1.54, 1.807) is 17.0 Å². The number of hydrogen-bond acceptors (Lipinski definition) is 4. The van der Waals surface area contributed by atoms with E-state index in [9.17, 15) is 14.0 Å². The number of hydrogen-bond donors (Lipinski definition) is 2. The van der Waals surface area contributed by atoms with Crippen LogP contribution in [0.2, 0.25) is 0 Å². The van der Waals surface area contributed by atoms with E-state index in [-0.39, 0.29) is 17.5 Å². The number of aryl methyl sites for hydroxylation is 1. The molecule has 2 aromatic rings. The molecule has 3 rings (SSSR count). The fourth-order valence-electron chi connectivity index (χ4n) is 2.87. The number of thiophene rings is 1. The highest BCUT2D eigenvalue weighted by Gasteiger charge is 2.26. The summed E-state index contributed by atoms with van der Waals surface area (Å²) >= 11 is 1.24. The largest absolute Gasteiger partial charge is 0.337 e. The minimum absolute atomic E-state index is 0.0394. The lowest BCUT2D eigenvalue weighted by molar-refractivity contribution is 0.0748. The Morgan fingerprint density at radius 3 is 2.84 bits per heavy atom. The van der Waals surface area contributed by atoms with Gasteiger partial charge in [-0.3, -0.25) is 9.59 Å². The molecule has 1 aromatic carbocycles. The highest BCUT2D eigenvalue weighted by molar-refractivity contribution is 7.18. The first kappa shape index (κ1) is 17.6. The lowest BCUT2D eigenvalue weighted by Gasteiger charge is -2.23. The molecule has 1 aliphatic rings. The Morgan fingerprint density at radius 1 is 1.36 bits per heavy atom. The number of likely N-dealkylation sites (N-methyl/N-ethyl adjacent to an activating group) is 1. The molecule has 2 N–H and O–H groups in total. The van der Waals surface area contributed by atoms with Crippen LogP contribution in [-0.4, -0.2) is 42.9 Å². The second kappa shape index (κ2) is 7.33. The van der Waals surface area contributed by atoms with Crippen molar-refractivity contribution >= 4 is 28.2 Å². The topological polar surface area (TPSA) is 61.4 Å². The molecule has 0 aliphatic carbocycles. The SMILES string of the molecule is Cc1cc(NC(=O)c2cccc(F)c2)sc1C(=O)N(C)C1CCNC1. The van der Waals surface area contributed by atoms with Gasteiger partial charge in [0.1, 0.15) is 5.82 Å². The van der Waals surface area contributed by atoms with Gasteiger partial charge < -0.3 is 15.5 Å². The van der Waals surface area contributed by atoms with Gasteiger partial charge in [-0.1, -0.05) is 6.07 Å². The molecular formula is C18H20FN3O2S. The number of nitrogens with zero attached hydrogens (tertiary/aromatic N) is 1. The van der Waals surface area contributed by atoms with Gasteiger partial charge in [-0.25, -0.2) is 4.39 Å². The molecule has 1 saturated heterocycles. The van der Waals surface area contributed by atoms with Gasteiger partial charge in [-0.05, 0) is 49.7 Å². The molecule has 2 heterocycles. The molecule has 25 heavy (non-hydrogen) atoms. The van der Waals surface area contributed by atoms with Crippen LogP contribution in [0.1, 0.15) is 32.0 Å². The van der Waals surface area contributed by atoms with Crippen LogP contribution in [-0.2, 0) is 0 Å². The van der Waals surface area contributed by atoms with Gasteiger partial charge in [0.2, 0.25) is 0 Å². The zero-order chi connectivity index (χ0) is 18.0. The molecule has 1 atom stereocenters. The molecule has 5 nitrogen and oxygen atoms in total. The summed E-state index contributed by atoms with van der Waals surface area (Å²) in [4.78, 5) is 27.3. The summed E-state index contributed by atoms with van der Waals surface area (Å²) in [5.74, 6) is -0.895. The maximum absolute atomic E-state index is 13.2. The van der Waals surface area contributed by atoms with Gasteiger partial charge in [0, 0.05) is 25.2 Å². The Bertz CT molecular complexity index is 799. The maximum Gasteiger partial charge on any atom is 0.264 e. The summed E-state index contributed by atoms with van der Waals surface area (Å²) in [6, 6.07) is 7.48. The van der Waals surface area contributed by atoms with Crippen molar-refractivity contribution in [2.24, 2.45) is 0 Å². The maximum atomic E-state index is 13.2. The van der Waals surface area contributed by atoms with E-state index in [1.807, 2.05) is 14.0 Å². The van der Waals surface area contributed by atoms with Crippen LogP contribution in [0.15, 0.2) is 30.3 Å². The lowest BCUT2D eigenvalue weighted by Crippen LogP contribution is -2.38. The van der Waals surface area contributed by atoms with Gasteiger partial charge in [-0.2, -0.15) is 0 Å². The van der Waals surface area contributed by atoms with Gasteiger partial charge in [-0.15, -0.1) is 11.3 Å². The number of nitrogens with one attached hydrogen (secondary N) is 2. The number of rotatable bonds is 4. The molecule has 0 radical (unpaired) electrons. The first-order valence-corrected chi connectivity index (χ1v) is 8.92. The number of carbonyl (C=O) groups excluding carboxylic acids is 2. The predicted octanol–water partition coefficient (Wildman–Crippen LogP) is 2.88. The van der Waals surface area contributed by atoms with E-state index in [0.29, 0.717) is 9.88 Å². The fourth-order valence-corrected chi connectivity index (χ4v) is 3.92. The van der Waals surface area contributed by atoms with Crippen LogP contribution < -0.4 is 10.6 Å². The second-order valence-corrected chi connectivity index (χ2v) is 7.20. The van der Waals surface area contributed by atoms with Crippen molar-refractivity contribution in [1.82, 2.24) is 10.2 Å². The van der Waals surface area contributed by atoms with Gasteiger partial charge in [0.05, 0.1) is 9.88 Å². The minimum atomic E-state index is -0.460. The van der Waals surface area contributed by atoms with Crippen molar-refractivity contribution < 1.29 is 14.0 Å².